The Balaban J connectivity index is 1.42. The van der Waals surface area contributed by atoms with Gasteiger partial charge in [0.15, 0.2) is 6.17 Å². The largest absolute Gasteiger partial charge is 0.627 e. The van der Waals surface area contributed by atoms with Crippen molar-refractivity contribution < 1.29 is 24.2 Å². The summed E-state index contributed by atoms with van der Waals surface area (Å²) in [6.45, 7) is 1.23. The molecule has 0 radical (unpaired) electrons. The Morgan fingerprint density at radius 3 is 2.43 bits per heavy atom. The molecular weight excluding hydrogens is 388 g/mol. The van der Waals surface area contributed by atoms with Crippen molar-refractivity contribution in [2.45, 2.75) is 6.17 Å². The predicted octanol–water partition coefficient (Wildman–Crippen LogP) is -0.836. The SMILES string of the molecule is COC1=C2C(C(=O)C(=O)N3CCN(C(=O)c4ccccc4)CC3)=CNC2[NH+]([O-])C=C1. The number of Topliss-reactive ketones (excluding diaryl/α,β-unsaturated/α-hetero) is 1. The number of ketones is 1. The number of piperazine rings is 1. The average Bonchev–Trinajstić information content (AvgIpc) is 3.25. The first-order valence-corrected chi connectivity index (χ1v) is 9.66. The van der Waals surface area contributed by atoms with Gasteiger partial charge in [0, 0.05) is 44.0 Å². The van der Waals surface area contributed by atoms with Crippen LogP contribution in [0.4, 0.5) is 0 Å². The fraction of sp³-hybridized carbons (Fsp3) is 0.286. The number of hydrogen-bond acceptors (Lipinski definition) is 6. The number of ether oxygens (including phenoxy) is 1. The number of carbonyl (C=O) groups excluding carboxylic acids is 3. The summed E-state index contributed by atoms with van der Waals surface area (Å²) in [7, 11) is 1.45. The number of allylic oxidation sites excluding steroid dienone is 1. The smallest absolute Gasteiger partial charge is 0.295 e. The van der Waals surface area contributed by atoms with Crippen LogP contribution in [0.5, 0.6) is 0 Å². The van der Waals surface area contributed by atoms with E-state index in [0.717, 1.165) is 0 Å². The molecule has 3 aliphatic heterocycles. The molecule has 1 saturated heterocycles. The Kier molecular flexibility index (Phi) is 5.39. The highest BCUT2D eigenvalue weighted by Gasteiger charge is 2.40. The molecule has 2 amide bonds. The van der Waals surface area contributed by atoms with Crippen LogP contribution in [0.25, 0.3) is 0 Å². The van der Waals surface area contributed by atoms with Crippen LogP contribution in [0, 0.1) is 5.21 Å². The molecule has 2 unspecified atom stereocenters. The summed E-state index contributed by atoms with van der Waals surface area (Å²) in [5.41, 5.74) is 1.12. The summed E-state index contributed by atoms with van der Waals surface area (Å²) >= 11 is 0. The summed E-state index contributed by atoms with van der Waals surface area (Å²) in [5.74, 6) is -1.06. The molecule has 0 bridgehead atoms. The first-order chi connectivity index (χ1) is 14.5. The van der Waals surface area contributed by atoms with Gasteiger partial charge in [0.2, 0.25) is 0 Å². The van der Waals surface area contributed by atoms with E-state index in [-0.39, 0.29) is 29.6 Å². The molecule has 4 rings (SSSR count). The zero-order valence-electron chi connectivity index (χ0n) is 16.5. The summed E-state index contributed by atoms with van der Waals surface area (Å²) in [6.07, 6.45) is 3.57. The highest BCUT2D eigenvalue weighted by atomic mass is 16.5. The van der Waals surface area contributed by atoms with Gasteiger partial charge in [0.25, 0.3) is 17.6 Å². The number of nitrogens with zero attached hydrogens (tertiary/aromatic N) is 2. The third kappa shape index (κ3) is 3.49. The number of fused-ring (bicyclic) bond motifs is 1. The lowest BCUT2D eigenvalue weighted by molar-refractivity contribution is -0.818. The van der Waals surface area contributed by atoms with Crippen molar-refractivity contribution in [3.63, 3.8) is 0 Å². The topological polar surface area (TPSA) is 106 Å². The number of methoxy groups -OCH3 is 1. The Morgan fingerprint density at radius 1 is 1.10 bits per heavy atom. The van der Waals surface area contributed by atoms with Crippen molar-refractivity contribution in [2.24, 2.45) is 0 Å². The first kappa shape index (κ1) is 19.9. The maximum Gasteiger partial charge on any atom is 0.295 e. The third-order valence-electron chi connectivity index (χ3n) is 5.46. The zero-order valence-corrected chi connectivity index (χ0v) is 16.5. The molecule has 0 saturated carbocycles. The van der Waals surface area contributed by atoms with E-state index in [1.54, 1.807) is 29.2 Å². The minimum atomic E-state index is -0.711. The van der Waals surface area contributed by atoms with Crippen LogP contribution >= 0.6 is 0 Å². The van der Waals surface area contributed by atoms with Gasteiger partial charge in [0.05, 0.1) is 24.5 Å². The van der Waals surface area contributed by atoms with Gasteiger partial charge in [-0.15, -0.1) is 0 Å². The standard InChI is InChI=1S/C21H22N4O5/c1-30-16-7-8-25(29)19-17(16)15(13-22-19)18(26)21(28)24-11-9-23(10-12-24)20(27)14-5-3-2-4-6-14/h2-8,13,19,22,25H,9-12H2,1H3. The number of quaternary nitrogens is 1. The molecule has 1 aromatic carbocycles. The van der Waals surface area contributed by atoms with Gasteiger partial charge in [-0.1, -0.05) is 18.2 Å². The van der Waals surface area contributed by atoms with Crippen LogP contribution in [-0.2, 0) is 14.3 Å². The molecule has 1 aromatic rings. The van der Waals surface area contributed by atoms with Crippen molar-refractivity contribution in [2.75, 3.05) is 33.3 Å². The lowest BCUT2D eigenvalue weighted by Gasteiger charge is -2.34. The summed E-state index contributed by atoms with van der Waals surface area (Å²) in [5, 5.41) is 14.7. The van der Waals surface area contributed by atoms with Crippen LogP contribution < -0.4 is 10.4 Å². The number of hydrogen-bond donors (Lipinski definition) is 2. The van der Waals surface area contributed by atoms with Gasteiger partial charge in [-0.3, -0.25) is 14.4 Å². The number of carbonyl (C=O) groups is 3. The maximum atomic E-state index is 12.9. The minimum Gasteiger partial charge on any atom is -0.627 e. The minimum absolute atomic E-state index is 0.0954. The molecule has 0 aromatic heterocycles. The summed E-state index contributed by atoms with van der Waals surface area (Å²) in [4.78, 5) is 41.4. The number of nitrogens with one attached hydrogen (secondary N) is 2. The quantitative estimate of drug-likeness (QED) is 0.496. The van der Waals surface area contributed by atoms with Gasteiger partial charge in [0.1, 0.15) is 5.76 Å². The van der Waals surface area contributed by atoms with E-state index in [2.05, 4.69) is 5.32 Å². The second kappa shape index (κ2) is 8.13. The van der Waals surface area contributed by atoms with Crippen LogP contribution in [0.15, 0.2) is 65.7 Å². The third-order valence-corrected chi connectivity index (χ3v) is 5.46. The average molecular weight is 410 g/mol. The van der Waals surface area contributed by atoms with Crippen molar-refractivity contribution >= 4 is 17.6 Å². The monoisotopic (exact) mass is 410 g/mol. The zero-order chi connectivity index (χ0) is 21.3. The number of rotatable bonds is 4. The molecular formula is C21H22N4O5. The van der Waals surface area contributed by atoms with E-state index in [9.17, 15) is 19.6 Å². The molecule has 30 heavy (non-hydrogen) atoms. The Hall–Kier alpha value is -3.43. The second-order valence-electron chi connectivity index (χ2n) is 7.15. The summed E-state index contributed by atoms with van der Waals surface area (Å²) in [6, 6.07) is 8.95. The molecule has 0 aliphatic carbocycles. The highest BCUT2D eigenvalue weighted by Crippen LogP contribution is 2.26. The molecule has 2 N–H and O–H groups in total. The van der Waals surface area contributed by atoms with Crippen LogP contribution in [-0.4, -0.2) is 66.9 Å². The second-order valence-corrected chi connectivity index (χ2v) is 7.15. The van der Waals surface area contributed by atoms with E-state index >= 15 is 0 Å². The van der Waals surface area contributed by atoms with Crippen LogP contribution in [0.1, 0.15) is 10.4 Å². The summed E-state index contributed by atoms with van der Waals surface area (Å²) < 4.78 is 5.28. The van der Waals surface area contributed by atoms with E-state index < -0.39 is 17.9 Å². The lowest BCUT2D eigenvalue weighted by Crippen LogP contribution is -3.09. The Bertz CT molecular complexity index is 961. The first-order valence-electron chi connectivity index (χ1n) is 9.66. The molecule has 0 spiro atoms. The number of hydroxylamine groups is 2. The Morgan fingerprint density at radius 2 is 1.77 bits per heavy atom. The number of benzene rings is 1. The molecule has 3 heterocycles. The van der Waals surface area contributed by atoms with E-state index in [1.807, 2.05) is 6.07 Å². The van der Waals surface area contributed by atoms with Crippen molar-refractivity contribution in [3.8, 4) is 0 Å². The fourth-order valence-corrected chi connectivity index (χ4v) is 3.83. The normalized spacial score (nSPS) is 22.9. The molecule has 1 fully saturated rings. The Labute approximate surface area is 173 Å². The van der Waals surface area contributed by atoms with Gasteiger partial charge in [-0.25, -0.2) is 0 Å². The van der Waals surface area contributed by atoms with Crippen LogP contribution in [0.3, 0.4) is 0 Å². The van der Waals surface area contributed by atoms with Crippen molar-refractivity contribution in [1.29, 1.82) is 0 Å². The molecule has 2 atom stereocenters. The van der Waals surface area contributed by atoms with E-state index in [1.165, 1.54) is 30.5 Å². The molecule has 9 heteroatoms. The van der Waals surface area contributed by atoms with Gasteiger partial charge >= 0.3 is 0 Å². The van der Waals surface area contributed by atoms with Gasteiger partial charge in [-0.2, -0.15) is 0 Å². The number of amides is 2. The van der Waals surface area contributed by atoms with Crippen molar-refractivity contribution in [1.82, 2.24) is 15.1 Å². The predicted molar refractivity (Wildman–Crippen MR) is 106 cm³/mol. The van der Waals surface area contributed by atoms with E-state index in [0.29, 0.717) is 30.0 Å². The van der Waals surface area contributed by atoms with Crippen molar-refractivity contribution in [3.05, 3.63) is 76.5 Å². The maximum absolute atomic E-state index is 12.9. The molecule has 3 aliphatic rings. The highest BCUT2D eigenvalue weighted by molar-refractivity contribution is 6.43. The fourth-order valence-electron chi connectivity index (χ4n) is 3.83. The van der Waals surface area contributed by atoms with Gasteiger partial charge in [-0.05, 0) is 12.1 Å². The van der Waals surface area contributed by atoms with Crippen LogP contribution in [0.2, 0.25) is 0 Å². The lowest BCUT2D eigenvalue weighted by atomic mass is 9.99. The van der Waals surface area contributed by atoms with E-state index in [4.69, 9.17) is 4.74 Å². The van der Waals surface area contributed by atoms with Gasteiger partial charge < -0.3 is 30.1 Å². The molecule has 9 nitrogen and oxygen atoms in total. The molecule has 156 valence electrons.